The van der Waals surface area contributed by atoms with Crippen molar-refractivity contribution in [3.63, 3.8) is 0 Å². The third-order valence-corrected chi connectivity index (χ3v) is 4.29. The molecule has 0 bridgehead atoms. The highest BCUT2D eigenvalue weighted by atomic mass is 16.7. The van der Waals surface area contributed by atoms with Gasteiger partial charge in [0.2, 0.25) is 0 Å². The highest BCUT2D eigenvalue weighted by Gasteiger charge is 2.35. The van der Waals surface area contributed by atoms with Crippen LogP contribution in [0.1, 0.15) is 32.3 Å². The second-order valence-corrected chi connectivity index (χ2v) is 5.86. The van der Waals surface area contributed by atoms with E-state index in [0.717, 1.165) is 5.56 Å². The van der Waals surface area contributed by atoms with E-state index < -0.39 is 5.60 Å². The lowest BCUT2D eigenvalue weighted by Gasteiger charge is -2.34. The molecule has 0 radical (unpaired) electrons. The molecule has 1 aromatic carbocycles. The summed E-state index contributed by atoms with van der Waals surface area (Å²) < 4.78 is 21.5. The summed E-state index contributed by atoms with van der Waals surface area (Å²) >= 11 is 0. The van der Waals surface area contributed by atoms with Crippen LogP contribution >= 0.6 is 0 Å². The number of rotatable bonds is 7. The van der Waals surface area contributed by atoms with Crippen LogP contribution in [0.4, 0.5) is 0 Å². The Morgan fingerprint density at radius 1 is 1.18 bits per heavy atom. The van der Waals surface area contributed by atoms with Gasteiger partial charge < -0.3 is 24.1 Å². The molecule has 1 saturated heterocycles. The molecule has 0 spiro atoms. The van der Waals surface area contributed by atoms with E-state index in [-0.39, 0.29) is 12.2 Å². The molecule has 0 saturated carbocycles. The van der Waals surface area contributed by atoms with E-state index in [0.29, 0.717) is 37.6 Å². The van der Waals surface area contributed by atoms with Crippen LogP contribution in [0.2, 0.25) is 0 Å². The monoisotopic (exact) mass is 310 g/mol. The summed E-state index contributed by atoms with van der Waals surface area (Å²) in [6.07, 6.45) is 0.999. The maximum absolute atomic E-state index is 11.2. The zero-order valence-electron chi connectivity index (χ0n) is 13.8. The predicted octanol–water partition coefficient (Wildman–Crippen LogP) is 2.70. The Balaban J connectivity index is 2.21. The second kappa shape index (κ2) is 7.31. The van der Waals surface area contributed by atoms with Crippen LogP contribution in [0, 0.1) is 5.92 Å². The molecule has 1 aliphatic rings. The van der Waals surface area contributed by atoms with Crippen LogP contribution < -0.4 is 9.47 Å². The minimum atomic E-state index is -0.963. The molecule has 2 rings (SSSR count). The van der Waals surface area contributed by atoms with Crippen LogP contribution in [0.25, 0.3) is 0 Å². The van der Waals surface area contributed by atoms with Crippen molar-refractivity contribution in [1.29, 1.82) is 0 Å². The number of hydrogen-bond donors (Lipinski definition) is 1. The van der Waals surface area contributed by atoms with Gasteiger partial charge in [-0.15, -0.1) is 0 Å². The lowest BCUT2D eigenvalue weighted by atomic mass is 9.79. The van der Waals surface area contributed by atoms with Crippen LogP contribution in [0.5, 0.6) is 11.5 Å². The summed E-state index contributed by atoms with van der Waals surface area (Å²) in [5, 5.41) is 11.2. The molecule has 0 amide bonds. The highest BCUT2D eigenvalue weighted by Crippen LogP contribution is 2.39. The van der Waals surface area contributed by atoms with Crippen LogP contribution in [0.3, 0.4) is 0 Å². The van der Waals surface area contributed by atoms with Gasteiger partial charge in [-0.05, 0) is 30.0 Å². The van der Waals surface area contributed by atoms with Crippen molar-refractivity contribution in [1.82, 2.24) is 0 Å². The summed E-state index contributed by atoms with van der Waals surface area (Å²) in [4.78, 5) is 0. The second-order valence-electron chi connectivity index (χ2n) is 5.86. The minimum absolute atomic E-state index is 0.0482. The molecule has 5 nitrogen and oxygen atoms in total. The van der Waals surface area contributed by atoms with Crippen molar-refractivity contribution < 1.29 is 24.1 Å². The quantitative estimate of drug-likeness (QED) is 0.839. The Labute approximate surface area is 132 Å². The first kappa shape index (κ1) is 17.1. The fraction of sp³-hybridized carbons (Fsp3) is 0.647. The molecule has 1 unspecified atom stereocenters. The van der Waals surface area contributed by atoms with Crippen molar-refractivity contribution >= 4 is 0 Å². The largest absolute Gasteiger partial charge is 0.493 e. The molecule has 1 heterocycles. The van der Waals surface area contributed by atoms with Crippen molar-refractivity contribution in [2.24, 2.45) is 5.92 Å². The first-order valence-electron chi connectivity index (χ1n) is 7.69. The van der Waals surface area contributed by atoms with Crippen LogP contribution in [-0.4, -0.2) is 38.8 Å². The molecule has 1 aromatic rings. The lowest BCUT2D eigenvalue weighted by molar-refractivity contribution is -0.0806. The van der Waals surface area contributed by atoms with E-state index in [1.165, 1.54) is 0 Å². The summed E-state index contributed by atoms with van der Waals surface area (Å²) in [6.45, 7) is 5.27. The number of methoxy groups -OCH3 is 2. The standard InChI is InChI=1S/C17H26O5/c1-12(2)17(18,8-7-16-21-9-10-22-16)13-5-6-14(19-3)15(11-13)20-4/h5-6,11-12,16,18H,7-10H2,1-4H3. The summed E-state index contributed by atoms with van der Waals surface area (Å²) in [5.74, 6) is 1.32. The van der Waals surface area contributed by atoms with Crippen molar-refractivity contribution in [2.45, 2.75) is 38.6 Å². The molecule has 0 aliphatic carbocycles. The SMILES string of the molecule is COc1ccc(C(O)(CCC2OCCO2)C(C)C)cc1OC. The lowest BCUT2D eigenvalue weighted by Crippen LogP contribution is -2.33. The number of benzene rings is 1. The molecule has 0 aromatic heterocycles. The summed E-state index contributed by atoms with van der Waals surface area (Å²) in [7, 11) is 3.19. The maximum atomic E-state index is 11.2. The fourth-order valence-electron chi connectivity index (χ4n) is 2.78. The van der Waals surface area contributed by atoms with Gasteiger partial charge in [0, 0.05) is 6.42 Å². The van der Waals surface area contributed by atoms with Crippen molar-refractivity contribution in [2.75, 3.05) is 27.4 Å². The molecular formula is C17H26O5. The first-order valence-corrected chi connectivity index (χ1v) is 7.69. The van der Waals surface area contributed by atoms with E-state index in [4.69, 9.17) is 18.9 Å². The van der Waals surface area contributed by atoms with Gasteiger partial charge in [-0.1, -0.05) is 19.9 Å². The number of hydrogen-bond acceptors (Lipinski definition) is 5. The molecular weight excluding hydrogens is 284 g/mol. The smallest absolute Gasteiger partial charge is 0.161 e. The predicted molar refractivity (Wildman–Crippen MR) is 83.2 cm³/mol. The molecule has 1 N–H and O–H groups in total. The number of ether oxygens (including phenoxy) is 4. The van der Waals surface area contributed by atoms with Gasteiger partial charge in [-0.25, -0.2) is 0 Å². The molecule has 1 aliphatic heterocycles. The third kappa shape index (κ3) is 3.54. The fourth-order valence-corrected chi connectivity index (χ4v) is 2.78. The van der Waals surface area contributed by atoms with Gasteiger partial charge in [-0.2, -0.15) is 0 Å². The maximum Gasteiger partial charge on any atom is 0.161 e. The van der Waals surface area contributed by atoms with E-state index in [1.54, 1.807) is 14.2 Å². The topological polar surface area (TPSA) is 57.2 Å². The Hall–Kier alpha value is -1.30. The van der Waals surface area contributed by atoms with Gasteiger partial charge in [0.25, 0.3) is 0 Å². The average Bonchev–Trinajstić information content (AvgIpc) is 3.05. The van der Waals surface area contributed by atoms with Crippen LogP contribution in [-0.2, 0) is 15.1 Å². The summed E-state index contributed by atoms with van der Waals surface area (Å²) in [6, 6.07) is 5.55. The minimum Gasteiger partial charge on any atom is -0.493 e. The first-order chi connectivity index (χ1) is 10.5. The van der Waals surface area contributed by atoms with Crippen molar-refractivity contribution in [3.05, 3.63) is 23.8 Å². The molecule has 5 heteroatoms. The molecule has 22 heavy (non-hydrogen) atoms. The normalized spacial score (nSPS) is 18.5. The van der Waals surface area contributed by atoms with Gasteiger partial charge in [0.1, 0.15) is 0 Å². The van der Waals surface area contributed by atoms with E-state index in [9.17, 15) is 5.11 Å². The zero-order chi connectivity index (χ0) is 16.2. The Morgan fingerprint density at radius 3 is 2.36 bits per heavy atom. The van der Waals surface area contributed by atoms with E-state index >= 15 is 0 Å². The number of aliphatic hydroxyl groups is 1. The van der Waals surface area contributed by atoms with Gasteiger partial charge >= 0.3 is 0 Å². The molecule has 124 valence electrons. The third-order valence-electron chi connectivity index (χ3n) is 4.29. The average molecular weight is 310 g/mol. The van der Waals surface area contributed by atoms with E-state index in [2.05, 4.69) is 0 Å². The Bertz CT molecular complexity index is 482. The highest BCUT2D eigenvalue weighted by molar-refractivity contribution is 5.44. The molecule has 1 fully saturated rings. The van der Waals surface area contributed by atoms with Crippen LogP contribution in [0.15, 0.2) is 18.2 Å². The Morgan fingerprint density at radius 2 is 1.82 bits per heavy atom. The van der Waals surface area contributed by atoms with Gasteiger partial charge in [0.05, 0.1) is 33.0 Å². The van der Waals surface area contributed by atoms with Gasteiger partial charge in [0.15, 0.2) is 17.8 Å². The summed E-state index contributed by atoms with van der Waals surface area (Å²) in [5.41, 5.74) is -0.146. The zero-order valence-corrected chi connectivity index (χ0v) is 13.8. The van der Waals surface area contributed by atoms with E-state index in [1.807, 2.05) is 32.0 Å². The Kier molecular flexibility index (Phi) is 5.67. The molecule has 1 atom stereocenters. The van der Waals surface area contributed by atoms with Crippen molar-refractivity contribution in [3.8, 4) is 11.5 Å². The van der Waals surface area contributed by atoms with Gasteiger partial charge in [-0.3, -0.25) is 0 Å².